The molecule has 0 saturated carbocycles. The van der Waals surface area contributed by atoms with Crippen molar-refractivity contribution in [2.45, 2.75) is 17.9 Å². The largest absolute Gasteiger partial charge is 0.399 e. The molecule has 0 aliphatic carbocycles. The number of rotatable bonds is 4. The third-order valence-electron chi connectivity index (χ3n) is 2.77. The lowest BCUT2D eigenvalue weighted by Gasteiger charge is -2.14. The maximum Gasteiger partial charge on any atom is 0.244 e. The minimum absolute atomic E-state index is 0.194. The van der Waals surface area contributed by atoms with Crippen molar-refractivity contribution in [2.24, 2.45) is 7.05 Å². The number of anilines is 1. The minimum atomic E-state index is -4.30. The van der Waals surface area contributed by atoms with Crippen LogP contribution in [0.4, 0.5) is 14.5 Å². The molecule has 0 aliphatic heterocycles. The minimum Gasteiger partial charge on any atom is -0.399 e. The molecule has 3 N–H and O–H groups in total. The van der Waals surface area contributed by atoms with E-state index in [0.717, 1.165) is 6.07 Å². The van der Waals surface area contributed by atoms with Gasteiger partial charge < -0.3 is 10.3 Å². The Labute approximate surface area is 119 Å². The number of aromatic nitrogens is 3. The van der Waals surface area contributed by atoms with Crippen LogP contribution < -0.4 is 10.5 Å². The summed E-state index contributed by atoms with van der Waals surface area (Å²) in [7, 11) is -2.68. The highest BCUT2D eigenvalue weighted by atomic mass is 32.2. The van der Waals surface area contributed by atoms with Crippen LogP contribution in [0.25, 0.3) is 0 Å². The average molecular weight is 317 g/mol. The van der Waals surface area contributed by atoms with Gasteiger partial charge in [0.25, 0.3) is 0 Å². The summed E-state index contributed by atoms with van der Waals surface area (Å²) in [5.74, 6) is -2.49. The Morgan fingerprint density at radius 2 is 2.05 bits per heavy atom. The molecule has 1 unspecified atom stereocenters. The van der Waals surface area contributed by atoms with Crippen molar-refractivity contribution < 1.29 is 17.2 Å². The molecule has 1 aromatic carbocycles. The maximum absolute atomic E-state index is 13.7. The molecule has 1 aromatic heterocycles. The van der Waals surface area contributed by atoms with Crippen molar-refractivity contribution in [3.05, 3.63) is 35.9 Å². The first-order chi connectivity index (χ1) is 9.72. The summed E-state index contributed by atoms with van der Waals surface area (Å²) >= 11 is 0. The molecule has 0 spiro atoms. The van der Waals surface area contributed by atoms with Crippen molar-refractivity contribution in [1.29, 1.82) is 0 Å². The van der Waals surface area contributed by atoms with E-state index in [1.165, 1.54) is 17.8 Å². The third kappa shape index (κ3) is 3.00. The highest BCUT2D eigenvalue weighted by molar-refractivity contribution is 7.89. The molecule has 2 aromatic rings. The van der Waals surface area contributed by atoms with Crippen molar-refractivity contribution in [3.63, 3.8) is 0 Å². The van der Waals surface area contributed by atoms with Gasteiger partial charge in [-0.05, 0) is 19.1 Å². The van der Waals surface area contributed by atoms with Crippen LogP contribution in [0.2, 0.25) is 0 Å². The van der Waals surface area contributed by atoms with Crippen LogP contribution in [0.1, 0.15) is 18.8 Å². The second kappa shape index (κ2) is 5.37. The van der Waals surface area contributed by atoms with Gasteiger partial charge in [-0.3, -0.25) is 0 Å². The van der Waals surface area contributed by atoms with Crippen LogP contribution in [0.5, 0.6) is 0 Å². The van der Waals surface area contributed by atoms with Crippen LogP contribution in [-0.2, 0) is 17.1 Å². The fourth-order valence-corrected chi connectivity index (χ4v) is 3.13. The van der Waals surface area contributed by atoms with Crippen molar-refractivity contribution in [1.82, 2.24) is 19.5 Å². The number of nitrogens with one attached hydrogen (secondary N) is 1. The Balaban J connectivity index is 2.38. The Morgan fingerprint density at radius 3 is 2.62 bits per heavy atom. The van der Waals surface area contributed by atoms with Gasteiger partial charge in [0.2, 0.25) is 10.0 Å². The van der Waals surface area contributed by atoms with E-state index in [-0.39, 0.29) is 5.69 Å². The third-order valence-corrected chi connectivity index (χ3v) is 4.31. The van der Waals surface area contributed by atoms with Gasteiger partial charge in [0.15, 0.2) is 11.6 Å². The molecule has 10 heteroatoms. The first kappa shape index (κ1) is 15.3. The van der Waals surface area contributed by atoms with Gasteiger partial charge in [-0.25, -0.2) is 21.9 Å². The normalized spacial score (nSPS) is 13.3. The van der Waals surface area contributed by atoms with E-state index < -0.39 is 32.6 Å². The number of sulfonamides is 1. The monoisotopic (exact) mass is 317 g/mol. The molecular weight excluding hydrogens is 304 g/mol. The van der Waals surface area contributed by atoms with Gasteiger partial charge in [0, 0.05) is 12.7 Å². The first-order valence-electron chi connectivity index (χ1n) is 5.83. The number of hydrogen-bond donors (Lipinski definition) is 2. The number of hydrogen-bond acceptors (Lipinski definition) is 5. The molecule has 0 radical (unpaired) electrons. The smallest absolute Gasteiger partial charge is 0.244 e. The van der Waals surface area contributed by atoms with E-state index >= 15 is 0 Å². The quantitative estimate of drug-likeness (QED) is 0.809. The summed E-state index contributed by atoms with van der Waals surface area (Å²) in [5.41, 5.74) is 5.16. The Kier molecular flexibility index (Phi) is 3.92. The molecule has 0 aliphatic rings. The lowest BCUT2D eigenvalue weighted by Crippen LogP contribution is -2.29. The van der Waals surface area contributed by atoms with Crippen molar-refractivity contribution in [2.75, 3.05) is 5.73 Å². The molecule has 0 fully saturated rings. The Hall–Kier alpha value is -2.07. The Bertz CT molecular complexity index is 775. The van der Waals surface area contributed by atoms with E-state index in [2.05, 4.69) is 14.9 Å². The standard InChI is InChI=1S/C11H13F2N5O2S/c1-6(11-16-15-5-18(11)2)17-21(19,20)9-4-7(14)3-8(12)10(9)13/h3-6,17H,14H2,1-2H3. The summed E-state index contributed by atoms with van der Waals surface area (Å²) in [6.45, 7) is 1.50. The summed E-state index contributed by atoms with van der Waals surface area (Å²) in [6, 6.07) is 0.774. The zero-order valence-electron chi connectivity index (χ0n) is 11.2. The highest BCUT2D eigenvalue weighted by Gasteiger charge is 2.26. The number of benzene rings is 1. The zero-order chi connectivity index (χ0) is 15.8. The summed E-state index contributed by atoms with van der Waals surface area (Å²) in [6.07, 6.45) is 1.39. The van der Waals surface area contributed by atoms with Crippen LogP contribution in [0.15, 0.2) is 23.4 Å². The van der Waals surface area contributed by atoms with Crippen LogP contribution in [0.3, 0.4) is 0 Å². The van der Waals surface area contributed by atoms with Gasteiger partial charge >= 0.3 is 0 Å². The fourth-order valence-electron chi connectivity index (χ4n) is 1.81. The van der Waals surface area contributed by atoms with E-state index in [0.29, 0.717) is 11.9 Å². The molecule has 1 heterocycles. The van der Waals surface area contributed by atoms with Crippen LogP contribution >= 0.6 is 0 Å². The fraction of sp³-hybridized carbons (Fsp3) is 0.273. The molecule has 2 rings (SSSR count). The summed E-state index contributed by atoms with van der Waals surface area (Å²) in [5, 5.41) is 7.36. The lowest BCUT2D eigenvalue weighted by atomic mass is 10.3. The second-order valence-corrected chi connectivity index (χ2v) is 6.14. The van der Waals surface area contributed by atoms with Crippen LogP contribution in [-0.4, -0.2) is 23.2 Å². The van der Waals surface area contributed by atoms with E-state index in [1.807, 2.05) is 0 Å². The zero-order valence-corrected chi connectivity index (χ0v) is 12.0. The summed E-state index contributed by atoms with van der Waals surface area (Å²) in [4.78, 5) is -0.853. The van der Waals surface area contributed by atoms with E-state index in [4.69, 9.17) is 5.73 Å². The predicted molar refractivity (Wildman–Crippen MR) is 70.5 cm³/mol. The molecule has 0 amide bonds. The van der Waals surface area contributed by atoms with Crippen molar-refractivity contribution in [3.8, 4) is 0 Å². The SMILES string of the molecule is CC(NS(=O)(=O)c1cc(N)cc(F)c1F)c1nncn1C. The maximum atomic E-state index is 13.7. The molecule has 0 saturated heterocycles. The molecule has 0 bridgehead atoms. The molecule has 21 heavy (non-hydrogen) atoms. The lowest BCUT2D eigenvalue weighted by molar-refractivity contribution is 0.481. The van der Waals surface area contributed by atoms with Gasteiger partial charge in [-0.15, -0.1) is 10.2 Å². The molecule has 7 nitrogen and oxygen atoms in total. The van der Waals surface area contributed by atoms with E-state index in [9.17, 15) is 17.2 Å². The molecule has 114 valence electrons. The first-order valence-corrected chi connectivity index (χ1v) is 7.31. The Morgan fingerprint density at radius 1 is 1.38 bits per heavy atom. The number of nitrogens with zero attached hydrogens (tertiary/aromatic N) is 3. The molecular formula is C11H13F2N5O2S. The van der Waals surface area contributed by atoms with Gasteiger partial charge in [-0.1, -0.05) is 0 Å². The van der Waals surface area contributed by atoms with E-state index in [1.54, 1.807) is 7.05 Å². The number of nitrogen functional groups attached to an aromatic ring is 1. The predicted octanol–water partition coefficient (Wildman–Crippen LogP) is 0.715. The van der Waals surface area contributed by atoms with Crippen molar-refractivity contribution >= 4 is 15.7 Å². The van der Waals surface area contributed by atoms with Gasteiger partial charge in [0.05, 0.1) is 6.04 Å². The summed E-state index contributed by atoms with van der Waals surface area (Å²) < 4.78 is 54.9. The average Bonchev–Trinajstić information content (AvgIpc) is 2.79. The second-order valence-electron chi connectivity index (χ2n) is 4.46. The van der Waals surface area contributed by atoms with Crippen LogP contribution in [0, 0.1) is 11.6 Å². The number of halogens is 2. The molecule has 1 atom stereocenters. The van der Waals surface area contributed by atoms with Gasteiger partial charge in [0.1, 0.15) is 17.0 Å². The number of aryl methyl sites for hydroxylation is 1. The van der Waals surface area contributed by atoms with Gasteiger partial charge in [-0.2, -0.15) is 0 Å². The number of nitrogens with two attached hydrogens (primary N) is 1. The highest BCUT2D eigenvalue weighted by Crippen LogP contribution is 2.22. The topological polar surface area (TPSA) is 103 Å².